The van der Waals surface area contributed by atoms with E-state index in [-0.39, 0.29) is 11.3 Å². The van der Waals surface area contributed by atoms with Gasteiger partial charge in [0.25, 0.3) is 5.92 Å². The molecule has 0 aliphatic heterocycles. The van der Waals surface area contributed by atoms with Gasteiger partial charge < -0.3 is 15.6 Å². The molecule has 0 saturated carbocycles. The number of para-hydroxylation sites is 1. The van der Waals surface area contributed by atoms with E-state index in [2.05, 4.69) is 0 Å². The second kappa shape index (κ2) is 4.55. The van der Waals surface area contributed by atoms with E-state index in [1.165, 1.54) is 13.2 Å². The topological polar surface area (TPSA) is 55.5 Å². The van der Waals surface area contributed by atoms with Crippen molar-refractivity contribution in [2.45, 2.75) is 12.0 Å². The Hall–Kier alpha value is -1.20. The van der Waals surface area contributed by atoms with Crippen LogP contribution in [0.4, 0.5) is 8.78 Å². The molecule has 0 aliphatic carbocycles. The van der Waals surface area contributed by atoms with Gasteiger partial charge in [-0.1, -0.05) is 18.2 Å². The van der Waals surface area contributed by atoms with E-state index in [0.717, 1.165) is 0 Å². The minimum absolute atomic E-state index is 0.180. The Bertz CT molecular complexity index is 331. The summed E-state index contributed by atoms with van der Waals surface area (Å²) in [4.78, 5) is 0. The van der Waals surface area contributed by atoms with Gasteiger partial charge >= 0.3 is 0 Å². The number of halogens is 2. The van der Waals surface area contributed by atoms with Crippen LogP contribution in [0.1, 0.15) is 11.6 Å². The number of aliphatic hydroxyl groups is 1. The lowest BCUT2D eigenvalue weighted by Crippen LogP contribution is -2.36. The zero-order valence-corrected chi connectivity index (χ0v) is 8.28. The van der Waals surface area contributed by atoms with Gasteiger partial charge in [0.2, 0.25) is 0 Å². The third kappa shape index (κ3) is 2.43. The van der Waals surface area contributed by atoms with E-state index >= 15 is 0 Å². The van der Waals surface area contributed by atoms with Crippen LogP contribution in [0.5, 0.6) is 5.75 Å². The molecule has 84 valence electrons. The van der Waals surface area contributed by atoms with E-state index in [9.17, 15) is 8.78 Å². The Morgan fingerprint density at radius 3 is 2.60 bits per heavy atom. The number of ether oxygens (including phenoxy) is 1. The molecule has 3 nitrogen and oxygen atoms in total. The standard InChI is InChI=1S/C10H13F2NO2/c1-15-8-5-3-2-4-7(8)9(13)10(11,12)6-14/h2-5,9,14H,6,13H2,1H3/t9-/m0/s1. The van der Waals surface area contributed by atoms with Gasteiger partial charge in [-0.3, -0.25) is 0 Å². The third-order valence-electron chi connectivity index (χ3n) is 2.14. The number of rotatable bonds is 4. The number of nitrogens with two attached hydrogens (primary N) is 1. The first kappa shape index (κ1) is 11.9. The van der Waals surface area contributed by atoms with Crippen molar-refractivity contribution in [1.29, 1.82) is 0 Å². The van der Waals surface area contributed by atoms with Crippen LogP contribution >= 0.6 is 0 Å². The molecule has 1 rings (SSSR count). The number of alkyl halides is 2. The predicted molar refractivity (Wildman–Crippen MR) is 52.0 cm³/mol. The third-order valence-corrected chi connectivity index (χ3v) is 2.14. The summed E-state index contributed by atoms with van der Waals surface area (Å²) >= 11 is 0. The molecule has 0 heterocycles. The molecule has 1 aromatic rings. The lowest BCUT2D eigenvalue weighted by atomic mass is 10.0. The van der Waals surface area contributed by atoms with Gasteiger partial charge in [0.05, 0.1) is 7.11 Å². The summed E-state index contributed by atoms with van der Waals surface area (Å²) in [6, 6.07) is 4.67. The summed E-state index contributed by atoms with van der Waals surface area (Å²) in [6.07, 6.45) is 0. The minimum atomic E-state index is -3.35. The molecular formula is C10H13F2NO2. The molecule has 5 heteroatoms. The lowest BCUT2D eigenvalue weighted by Gasteiger charge is -2.23. The molecule has 3 N–H and O–H groups in total. The Balaban J connectivity index is 3.05. The average molecular weight is 217 g/mol. The first-order chi connectivity index (χ1) is 7.03. The van der Waals surface area contributed by atoms with E-state index in [1.54, 1.807) is 18.2 Å². The van der Waals surface area contributed by atoms with Crippen molar-refractivity contribution in [3.63, 3.8) is 0 Å². The molecule has 15 heavy (non-hydrogen) atoms. The second-order valence-electron chi connectivity index (χ2n) is 3.14. The molecule has 1 atom stereocenters. The van der Waals surface area contributed by atoms with Gasteiger partial charge in [-0.25, -0.2) is 8.78 Å². The number of benzene rings is 1. The maximum absolute atomic E-state index is 13.1. The van der Waals surface area contributed by atoms with Crippen LogP contribution in [0.25, 0.3) is 0 Å². The Kier molecular flexibility index (Phi) is 3.60. The maximum Gasteiger partial charge on any atom is 0.289 e. The molecule has 0 aliphatic rings. The van der Waals surface area contributed by atoms with Crippen molar-refractivity contribution in [3.05, 3.63) is 29.8 Å². The first-order valence-corrected chi connectivity index (χ1v) is 4.40. The van der Waals surface area contributed by atoms with Gasteiger partial charge in [0, 0.05) is 5.56 Å². The summed E-state index contributed by atoms with van der Waals surface area (Å²) in [6.45, 7) is -1.29. The molecule has 0 unspecified atom stereocenters. The van der Waals surface area contributed by atoms with Gasteiger partial charge in [-0.15, -0.1) is 0 Å². The van der Waals surface area contributed by atoms with Gasteiger partial charge in [0.15, 0.2) is 0 Å². The number of aliphatic hydroxyl groups excluding tert-OH is 1. The lowest BCUT2D eigenvalue weighted by molar-refractivity contribution is -0.0715. The Morgan fingerprint density at radius 2 is 2.07 bits per heavy atom. The molecule has 0 fully saturated rings. The summed E-state index contributed by atoms with van der Waals surface area (Å²) in [5, 5.41) is 8.52. The Morgan fingerprint density at radius 1 is 1.47 bits per heavy atom. The minimum Gasteiger partial charge on any atom is -0.496 e. The van der Waals surface area contributed by atoms with Crippen LogP contribution in [-0.4, -0.2) is 24.7 Å². The fraction of sp³-hybridized carbons (Fsp3) is 0.400. The summed E-state index contributed by atoms with van der Waals surface area (Å²) in [5.74, 6) is -3.06. The molecule has 0 spiro atoms. The number of hydrogen-bond acceptors (Lipinski definition) is 3. The van der Waals surface area contributed by atoms with Crippen LogP contribution in [0.15, 0.2) is 24.3 Å². The molecule has 0 amide bonds. The van der Waals surface area contributed by atoms with Crippen molar-refractivity contribution in [2.24, 2.45) is 5.73 Å². The van der Waals surface area contributed by atoms with Crippen LogP contribution in [0.3, 0.4) is 0 Å². The highest BCUT2D eigenvalue weighted by Gasteiger charge is 2.38. The zero-order valence-electron chi connectivity index (χ0n) is 8.28. The molecule has 0 radical (unpaired) electrons. The van der Waals surface area contributed by atoms with Crippen LogP contribution < -0.4 is 10.5 Å². The molecule has 0 aromatic heterocycles. The van der Waals surface area contributed by atoms with Crippen molar-refractivity contribution in [1.82, 2.24) is 0 Å². The number of methoxy groups -OCH3 is 1. The van der Waals surface area contributed by atoms with Gasteiger partial charge in [-0.2, -0.15) is 0 Å². The van der Waals surface area contributed by atoms with E-state index in [0.29, 0.717) is 0 Å². The van der Waals surface area contributed by atoms with Gasteiger partial charge in [-0.05, 0) is 6.07 Å². The average Bonchev–Trinajstić information content (AvgIpc) is 2.28. The predicted octanol–water partition coefficient (Wildman–Crippen LogP) is 1.32. The zero-order chi connectivity index (χ0) is 11.5. The van der Waals surface area contributed by atoms with Gasteiger partial charge in [0.1, 0.15) is 18.4 Å². The highest BCUT2D eigenvalue weighted by atomic mass is 19.3. The molecule has 1 aromatic carbocycles. The maximum atomic E-state index is 13.1. The van der Waals surface area contributed by atoms with Crippen molar-refractivity contribution in [3.8, 4) is 5.75 Å². The fourth-order valence-electron chi connectivity index (χ4n) is 1.25. The summed E-state index contributed by atoms with van der Waals surface area (Å²) in [7, 11) is 1.38. The first-order valence-electron chi connectivity index (χ1n) is 4.40. The van der Waals surface area contributed by atoms with Crippen LogP contribution in [0, 0.1) is 0 Å². The number of hydrogen-bond donors (Lipinski definition) is 2. The van der Waals surface area contributed by atoms with Crippen molar-refractivity contribution < 1.29 is 18.6 Å². The van der Waals surface area contributed by atoms with E-state index in [1.807, 2.05) is 0 Å². The van der Waals surface area contributed by atoms with E-state index < -0.39 is 18.6 Å². The highest BCUT2D eigenvalue weighted by Crippen LogP contribution is 2.33. The second-order valence-corrected chi connectivity index (χ2v) is 3.14. The summed E-state index contributed by atoms with van der Waals surface area (Å²) < 4.78 is 31.1. The van der Waals surface area contributed by atoms with Crippen molar-refractivity contribution in [2.75, 3.05) is 13.7 Å². The van der Waals surface area contributed by atoms with E-state index in [4.69, 9.17) is 15.6 Å². The monoisotopic (exact) mass is 217 g/mol. The largest absolute Gasteiger partial charge is 0.496 e. The fourth-order valence-corrected chi connectivity index (χ4v) is 1.25. The van der Waals surface area contributed by atoms with Crippen molar-refractivity contribution >= 4 is 0 Å². The summed E-state index contributed by atoms with van der Waals surface area (Å²) in [5.41, 5.74) is 5.55. The molecule has 0 bridgehead atoms. The highest BCUT2D eigenvalue weighted by molar-refractivity contribution is 5.36. The smallest absolute Gasteiger partial charge is 0.289 e. The normalized spacial score (nSPS) is 13.7. The Labute approximate surface area is 86.5 Å². The quantitative estimate of drug-likeness (QED) is 0.799. The van der Waals surface area contributed by atoms with Crippen LogP contribution in [0.2, 0.25) is 0 Å². The van der Waals surface area contributed by atoms with Crippen LogP contribution in [-0.2, 0) is 0 Å². The molecule has 0 saturated heterocycles. The SMILES string of the molecule is COc1ccccc1[C@H](N)C(F)(F)CO. The molecular weight excluding hydrogens is 204 g/mol.